The molecule has 0 aliphatic heterocycles. The van der Waals surface area contributed by atoms with Crippen LogP contribution in [0.5, 0.6) is 5.75 Å². The Morgan fingerprint density at radius 1 is 1.33 bits per heavy atom. The minimum Gasteiger partial charge on any atom is -0.494 e. The number of halogens is 1. The average Bonchev–Trinajstić information content (AvgIpc) is 2.49. The molecule has 110 valence electrons. The predicted molar refractivity (Wildman–Crippen MR) is 86.2 cm³/mol. The largest absolute Gasteiger partial charge is 0.494 e. The van der Waals surface area contributed by atoms with Crippen molar-refractivity contribution in [2.75, 3.05) is 17.7 Å². The lowest BCUT2D eigenvalue weighted by molar-refractivity contribution is -0.113. The molecular weight excluding hydrogens is 308 g/mol. The molecule has 2 aromatic rings. The van der Waals surface area contributed by atoms with Crippen LogP contribution in [-0.2, 0) is 4.79 Å². The van der Waals surface area contributed by atoms with Gasteiger partial charge in [-0.25, -0.2) is 4.98 Å². The first-order valence-corrected chi connectivity index (χ1v) is 7.81. The first-order valence-electron chi connectivity index (χ1n) is 6.45. The van der Waals surface area contributed by atoms with Crippen molar-refractivity contribution < 1.29 is 9.53 Å². The molecule has 0 fully saturated rings. The zero-order valence-corrected chi connectivity index (χ0v) is 13.1. The molecule has 0 aliphatic rings. The van der Waals surface area contributed by atoms with Crippen molar-refractivity contribution in [3.63, 3.8) is 0 Å². The van der Waals surface area contributed by atoms with Gasteiger partial charge in [-0.2, -0.15) is 0 Å². The lowest BCUT2D eigenvalue weighted by Crippen LogP contribution is -2.14. The van der Waals surface area contributed by atoms with Gasteiger partial charge in [-0.3, -0.25) is 4.79 Å². The molecule has 1 amide bonds. The Kier molecular flexibility index (Phi) is 5.90. The van der Waals surface area contributed by atoms with E-state index >= 15 is 0 Å². The van der Waals surface area contributed by atoms with E-state index in [1.54, 1.807) is 30.5 Å². The second-order valence-corrected chi connectivity index (χ2v) is 5.46. The zero-order valence-electron chi connectivity index (χ0n) is 11.5. The summed E-state index contributed by atoms with van der Waals surface area (Å²) in [6.45, 7) is 2.54. The van der Waals surface area contributed by atoms with Gasteiger partial charge >= 0.3 is 0 Å². The van der Waals surface area contributed by atoms with Crippen LogP contribution in [0.4, 0.5) is 5.69 Å². The Morgan fingerprint density at radius 3 is 2.76 bits per heavy atom. The molecular formula is C15H15ClN2O2S. The van der Waals surface area contributed by atoms with Gasteiger partial charge in [0.2, 0.25) is 5.91 Å². The van der Waals surface area contributed by atoms with Crippen LogP contribution in [0.2, 0.25) is 5.02 Å². The van der Waals surface area contributed by atoms with Gasteiger partial charge in [0.1, 0.15) is 10.8 Å². The molecule has 21 heavy (non-hydrogen) atoms. The number of hydrogen-bond acceptors (Lipinski definition) is 4. The molecule has 2 rings (SSSR count). The van der Waals surface area contributed by atoms with Crippen molar-refractivity contribution in [2.45, 2.75) is 11.9 Å². The lowest BCUT2D eigenvalue weighted by atomic mass is 10.3. The lowest BCUT2D eigenvalue weighted by Gasteiger charge is -2.07. The molecule has 1 heterocycles. The number of nitrogens with zero attached hydrogens (tertiary/aromatic N) is 1. The van der Waals surface area contributed by atoms with Crippen LogP contribution in [0.1, 0.15) is 6.92 Å². The third-order valence-electron chi connectivity index (χ3n) is 2.51. The van der Waals surface area contributed by atoms with Crippen molar-refractivity contribution >= 4 is 35.0 Å². The number of nitrogens with one attached hydrogen (secondary N) is 1. The molecule has 0 atom stereocenters. The van der Waals surface area contributed by atoms with Gasteiger partial charge < -0.3 is 10.1 Å². The van der Waals surface area contributed by atoms with E-state index in [2.05, 4.69) is 10.3 Å². The molecule has 1 aromatic heterocycles. The van der Waals surface area contributed by atoms with Gasteiger partial charge in [0.05, 0.1) is 17.4 Å². The van der Waals surface area contributed by atoms with E-state index in [0.29, 0.717) is 16.7 Å². The van der Waals surface area contributed by atoms with Crippen LogP contribution in [0.25, 0.3) is 0 Å². The fourth-order valence-corrected chi connectivity index (χ4v) is 2.58. The quantitative estimate of drug-likeness (QED) is 0.820. The molecule has 0 bridgehead atoms. The van der Waals surface area contributed by atoms with Gasteiger partial charge in [-0.1, -0.05) is 23.4 Å². The first kappa shape index (κ1) is 15.7. The number of thioether (sulfide) groups is 1. The SMILES string of the molecule is CCOc1ccc(NC(=O)CSc2ncccc2Cl)cc1. The predicted octanol–water partition coefficient (Wildman–Crippen LogP) is 3.86. The smallest absolute Gasteiger partial charge is 0.234 e. The minimum absolute atomic E-state index is 0.106. The van der Waals surface area contributed by atoms with E-state index in [1.807, 2.05) is 19.1 Å². The van der Waals surface area contributed by atoms with E-state index in [0.717, 1.165) is 11.4 Å². The maximum Gasteiger partial charge on any atom is 0.234 e. The topological polar surface area (TPSA) is 51.2 Å². The molecule has 1 aromatic carbocycles. The van der Waals surface area contributed by atoms with Crippen LogP contribution in [0, 0.1) is 0 Å². The molecule has 0 aliphatic carbocycles. The minimum atomic E-state index is -0.106. The summed E-state index contributed by atoms with van der Waals surface area (Å²) in [5, 5.41) is 4.02. The molecule has 0 spiro atoms. The highest BCUT2D eigenvalue weighted by Gasteiger charge is 2.07. The summed E-state index contributed by atoms with van der Waals surface area (Å²) in [5.74, 6) is 0.931. The second-order valence-electron chi connectivity index (χ2n) is 4.08. The summed E-state index contributed by atoms with van der Waals surface area (Å²) in [5.41, 5.74) is 0.733. The fraction of sp³-hybridized carbons (Fsp3) is 0.200. The van der Waals surface area contributed by atoms with E-state index < -0.39 is 0 Å². The number of rotatable bonds is 6. The van der Waals surface area contributed by atoms with Crippen molar-refractivity contribution in [3.05, 3.63) is 47.6 Å². The van der Waals surface area contributed by atoms with Gasteiger partial charge in [-0.15, -0.1) is 0 Å². The number of carbonyl (C=O) groups is 1. The Labute approximate surface area is 132 Å². The Balaban J connectivity index is 1.85. The molecule has 1 N–H and O–H groups in total. The van der Waals surface area contributed by atoms with Gasteiger partial charge in [-0.05, 0) is 43.3 Å². The van der Waals surface area contributed by atoms with Crippen LogP contribution < -0.4 is 10.1 Å². The van der Waals surface area contributed by atoms with Gasteiger partial charge in [0.15, 0.2) is 0 Å². The molecule has 0 unspecified atom stereocenters. The summed E-state index contributed by atoms with van der Waals surface area (Å²) in [6, 6.07) is 10.8. The Hall–Kier alpha value is -1.72. The third kappa shape index (κ3) is 4.95. The molecule has 0 radical (unpaired) electrons. The monoisotopic (exact) mass is 322 g/mol. The summed E-state index contributed by atoms with van der Waals surface area (Å²) in [7, 11) is 0. The summed E-state index contributed by atoms with van der Waals surface area (Å²) in [6.07, 6.45) is 1.65. The summed E-state index contributed by atoms with van der Waals surface area (Å²) < 4.78 is 5.34. The van der Waals surface area contributed by atoms with E-state index in [4.69, 9.17) is 16.3 Å². The standard InChI is InChI=1S/C15H15ClN2O2S/c1-2-20-12-7-5-11(6-8-12)18-14(19)10-21-15-13(16)4-3-9-17-15/h3-9H,2,10H2,1H3,(H,18,19). The molecule has 0 saturated carbocycles. The fourth-order valence-electron chi connectivity index (χ4n) is 1.61. The van der Waals surface area contributed by atoms with Crippen LogP contribution in [0.15, 0.2) is 47.6 Å². The number of pyridine rings is 1. The van der Waals surface area contributed by atoms with Crippen molar-refractivity contribution in [1.29, 1.82) is 0 Å². The molecule has 0 saturated heterocycles. The third-order valence-corrected chi connectivity index (χ3v) is 3.94. The van der Waals surface area contributed by atoms with E-state index in [1.165, 1.54) is 11.8 Å². The summed E-state index contributed by atoms with van der Waals surface area (Å²) in [4.78, 5) is 16.0. The van der Waals surface area contributed by atoms with Crippen molar-refractivity contribution in [2.24, 2.45) is 0 Å². The number of carbonyl (C=O) groups excluding carboxylic acids is 1. The zero-order chi connectivity index (χ0) is 15.1. The van der Waals surface area contributed by atoms with E-state index in [-0.39, 0.29) is 11.7 Å². The highest BCUT2D eigenvalue weighted by atomic mass is 35.5. The van der Waals surface area contributed by atoms with Crippen LogP contribution in [0.3, 0.4) is 0 Å². The van der Waals surface area contributed by atoms with Crippen molar-refractivity contribution in [3.8, 4) is 5.75 Å². The highest BCUT2D eigenvalue weighted by Crippen LogP contribution is 2.24. The number of amides is 1. The molecule has 6 heteroatoms. The van der Waals surface area contributed by atoms with Gasteiger partial charge in [0.25, 0.3) is 0 Å². The van der Waals surface area contributed by atoms with Gasteiger partial charge in [0, 0.05) is 11.9 Å². The summed E-state index contributed by atoms with van der Waals surface area (Å²) >= 11 is 7.29. The maximum absolute atomic E-state index is 11.9. The van der Waals surface area contributed by atoms with Crippen LogP contribution in [-0.4, -0.2) is 23.3 Å². The average molecular weight is 323 g/mol. The number of aromatic nitrogens is 1. The number of anilines is 1. The number of ether oxygens (including phenoxy) is 1. The second kappa shape index (κ2) is 7.90. The van der Waals surface area contributed by atoms with Crippen LogP contribution >= 0.6 is 23.4 Å². The highest BCUT2D eigenvalue weighted by molar-refractivity contribution is 8.00. The normalized spacial score (nSPS) is 10.2. The Bertz CT molecular complexity index is 605. The van der Waals surface area contributed by atoms with E-state index in [9.17, 15) is 4.79 Å². The maximum atomic E-state index is 11.9. The molecule has 4 nitrogen and oxygen atoms in total. The Morgan fingerprint density at radius 2 is 2.10 bits per heavy atom. The van der Waals surface area contributed by atoms with Crippen molar-refractivity contribution in [1.82, 2.24) is 4.98 Å². The first-order chi connectivity index (χ1) is 10.2. The number of hydrogen-bond donors (Lipinski definition) is 1. The number of benzene rings is 1.